The number of hydrogen-bond acceptors (Lipinski definition) is 7. The van der Waals surface area contributed by atoms with Crippen molar-refractivity contribution in [3.63, 3.8) is 0 Å². The van der Waals surface area contributed by atoms with Crippen molar-refractivity contribution in [1.82, 2.24) is 5.43 Å². The number of furan rings is 1. The van der Waals surface area contributed by atoms with Crippen molar-refractivity contribution in [2.24, 2.45) is 5.10 Å². The number of hydrogen-bond donors (Lipinski definition) is 1. The van der Waals surface area contributed by atoms with Gasteiger partial charge in [0.1, 0.15) is 18.1 Å². The number of nitrogens with zero attached hydrogens (tertiary/aromatic N) is 2. The predicted octanol–water partition coefficient (Wildman–Crippen LogP) is 5.09. The van der Waals surface area contributed by atoms with Crippen LogP contribution >= 0.6 is 0 Å². The Morgan fingerprint density at radius 3 is 2.38 bits per heavy atom. The van der Waals surface area contributed by atoms with E-state index in [2.05, 4.69) is 10.5 Å². The van der Waals surface area contributed by atoms with E-state index in [1.54, 1.807) is 73.7 Å². The summed E-state index contributed by atoms with van der Waals surface area (Å²) >= 11 is 0. The topological polar surface area (TPSA) is 118 Å². The highest BCUT2D eigenvalue weighted by Crippen LogP contribution is 2.28. The van der Waals surface area contributed by atoms with Crippen LogP contribution in [0.1, 0.15) is 34.2 Å². The molecule has 0 radical (unpaired) electrons. The maximum absolute atomic E-state index is 13.5. The molecule has 0 saturated heterocycles. The molecule has 4 aromatic rings. The summed E-state index contributed by atoms with van der Waals surface area (Å²) in [4.78, 5) is 24.8. The Hall–Kier alpha value is -4.70. The highest BCUT2D eigenvalue weighted by atomic mass is 32.2. The second-order valence-corrected chi connectivity index (χ2v) is 10.7. The molecular weight excluding hydrogens is 530 g/mol. The van der Waals surface area contributed by atoms with Crippen LogP contribution in [0.4, 0.5) is 5.69 Å². The van der Waals surface area contributed by atoms with Gasteiger partial charge in [0, 0.05) is 5.56 Å². The van der Waals surface area contributed by atoms with Crippen molar-refractivity contribution in [2.45, 2.75) is 25.7 Å². The third-order valence-electron chi connectivity index (χ3n) is 6.15. The Morgan fingerprint density at radius 2 is 1.68 bits per heavy atom. The molecule has 1 aromatic heterocycles. The van der Waals surface area contributed by atoms with Gasteiger partial charge in [0.15, 0.2) is 0 Å². The summed E-state index contributed by atoms with van der Waals surface area (Å²) in [5.74, 6) is -0.117. The van der Waals surface area contributed by atoms with E-state index in [1.807, 2.05) is 19.9 Å². The van der Waals surface area contributed by atoms with Gasteiger partial charge in [0.05, 0.1) is 29.0 Å². The van der Waals surface area contributed by atoms with Gasteiger partial charge in [-0.25, -0.2) is 18.6 Å². The Balaban J connectivity index is 1.47. The monoisotopic (exact) mass is 559 g/mol. The van der Waals surface area contributed by atoms with Gasteiger partial charge in [-0.1, -0.05) is 42.5 Å². The number of carbonyl (C=O) groups is 2. The van der Waals surface area contributed by atoms with Crippen LogP contribution in [0.2, 0.25) is 0 Å². The number of sulfonamides is 1. The lowest BCUT2D eigenvalue weighted by atomic mass is 10.1. The largest absolute Gasteiger partial charge is 0.462 e. The van der Waals surface area contributed by atoms with Crippen molar-refractivity contribution in [1.29, 1.82) is 0 Å². The van der Waals surface area contributed by atoms with E-state index < -0.39 is 28.4 Å². The molecule has 9 nitrogen and oxygen atoms in total. The molecule has 0 aliphatic carbocycles. The number of ether oxygens (including phenoxy) is 1. The van der Waals surface area contributed by atoms with E-state index in [-0.39, 0.29) is 4.90 Å². The summed E-state index contributed by atoms with van der Waals surface area (Å²) in [6.45, 7) is 5.25. The number of amides is 1. The molecule has 0 unspecified atom stereocenters. The second-order valence-electron chi connectivity index (χ2n) is 8.84. The van der Waals surface area contributed by atoms with E-state index in [9.17, 15) is 18.0 Å². The molecule has 3 aromatic carbocycles. The number of anilines is 1. The summed E-state index contributed by atoms with van der Waals surface area (Å²) in [7, 11) is -4.03. The van der Waals surface area contributed by atoms with E-state index in [4.69, 9.17) is 9.15 Å². The van der Waals surface area contributed by atoms with Gasteiger partial charge in [0.25, 0.3) is 15.9 Å². The SMILES string of the molecule is CCOC(=O)c1ccc(-c2ccc(/C=N\NC(=O)CN(c3cccc(C)c3C)S(=O)(=O)c3ccccc3)o2)cc1. The fourth-order valence-electron chi connectivity index (χ4n) is 3.92. The van der Waals surface area contributed by atoms with E-state index >= 15 is 0 Å². The molecular formula is C30H29N3O6S. The van der Waals surface area contributed by atoms with E-state index in [1.165, 1.54) is 18.3 Å². The van der Waals surface area contributed by atoms with Crippen LogP contribution in [0.5, 0.6) is 0 Å². The first-order valence-electron chi connectivity index (χ1n) is 12.5. The number of esters is 1. The first-order valence-corrected chi connectivity index (χ1v) is 14.0. The molecule has 0 spiro atoms. The minimum absolute atomic E-state index is 0.0746. The van der Waals surface area contributed by atoms with Crippen LogP contribution in [-0.2, 0) is 19.6 Å². The van der Waals surface area contributed by atoms with Gasteiger partial charge in [0.2, 0.25) is 0 Å². The quantitative estimate of drug-likeness (QED) is 0.164. The number of carbonyl (C=O) groups excluding carboxylic acids is 2. The lowest BCUT2D eigenvalue weighted by Crippen LogP contribution is -2.40. The van der Waals surface area contributed by atoms with Crippen LogP contribution in [0.15, 0.2) is 99.3 Å². The van der Waals surface area contributed by atoms with Gasteiger partial charge in [-0.3, -0.25) is 9.10 Å². The molecule has 0 fully saturated rings. The molecule has 10 heteroatoms. The van der Waals surface area contributed by atoms with Gasteiger partial charge in [-0.2, -0.15) is 5.10 Å². The van der Waals surface area contributed by atoms with Crippen molar-refractivity contribution in [3.8, 4) is 11.3 Å². The number of aryl methyl sites for hydroxylation is 1. The first-order chi connectivity index (χ1) is 19.2. The lowest BCUT2D eigenvalue weighted by molar-refractivity contribution is -0.119. The number of hydrazone groups is 1. The van der Waals surface area contributed by atoms with Crippen LogP contribution in [0, 0.1) is 13.8 Å². The smallest absolute Gasteiger partial charge is 0.338 e. The second kappa shape index (κ2) is 12.4. The summed E-state index contributed by atoms with van der Waals surface area (Å²) in [5, 5.41) is 3.95. The van der Waals surface area contributed by atoms with E-state index in [0.29, 0.717) is 29.4 Å². The Bertz CT molecular complexity index is 1630. The maximum Gasteiger partial charge on any atom is 0.338 e. The molecule has 206 valence electrons. The molecule has 0 aliphatic rings. The molecule has 0 aliphatic heterocycles. The Morgan fingerprint density at radius 1 is 0.950 bits per heavy atom. The zero-order chi connectivity index (χ0) is 28.7. The van der Waals surface area contributed by atoms with Gasteiger partial charge in [-0.05, 0) is 74.4 Å². The molecule has 40 heavy (non-hydrogen) atoms. The fraction of sp³-hybridized carbons (Fsp3) is 0.167. The number of nitrogens with one attached hydrogen (secondary N) is 1. The maximum atomic E-state index is 13.5. The lowest BCUT2D eigenvalue weighted by Gasteiger charge is -2.25. The van der Waals surface area contributed by atoms with Gasteiger partial charge >= 0.3 is 5.97 Å². The zero-order valence-corrected chi connectivity index (χ0v) is 23.1. The van der Waals surface area contributed by atoms with Crippen molar-refractivity contribution >= 4 is 33.8 Å². The van der Waals surface area contributed by atoms with Crippen LogP contribution in [-0.4, -0.2) is 39.7 Å². The average Bonchev–Trinajstić information content (AvgIpc) is 3.43. The van der Waals surface area contributed by atoms with Crippen molar-refractivity contribution in [2.75, 3.05) is 17.5 Å². The molecule has 1 heterocycles. The zero-order valence-electron chi connectivity index (χ0n) is 22.3. The fourth-order valence-corrected chi connectivity index (χ4v) is 5.42. The standard InChI is InChI=1S/C30H29N3O6S/c1-4-38-30(35)24-15-13-23(14-16-24)28-18-17-25(39-28)19-31-32-29(34)20-33(27-12-8-9-21(2)22(27)3)40(36,37)26-10-6-5-7-11-26/h5-19H,4,20H2,1-3H3,(H,32,34)/b31-19-. The molecule has 0 saturated carbocycles. The Labute approximate surface area is 233 Å². The van der Waals surface area contributed by atoms with E-state index in [0.717, 1.165) is 21.0 Å². The molecule has 1 amide bonds. The highest BCUT2D eigenvalue weighted by Gasteiger charge is 2.28. The summed E-state index contributed by atoms with van der Waals surface area (Å²) in [5.41, 5.74) is 5.61. The minimum atomic E-state index is -4.03. The third kappa shape index (κ3) is 6.47. The van der Waals surface area contributed by atoms with Crippen molar-refractivity contribution < 1.29 is 27.2 Å². The normalized spacial score (nSPS) is 11.4. The minimum Gasteiger partial charge on any atom is -0.462 e. The molecule has 4 rings (SSSR count). The van der Waals surface area contributed by atoms with Gasteiger partial charge < -0.3 is 9.15 Å². The summed E-state index contributed by atoms with van der Waals surface area (Å²) < 4.78 is 38.9. The average molecular weight is 560 g/mol. The third-order valence-corrected chi connectivity index (χ3v) is 7.93. The van der Waals surface area contributed by atoms with Crippen LogP contribution in [0.3, 0.4) is 0 Å². The van der Waals surface area contributed by atoms with Crippen LogP contribution in [0.25, 0.3) is 11.3 Å². The Kier molecular flexibility index (Phi) is 8.80. The predicted molar refractivity (Wildman–Crippen MR) is 153 cm³/mol. The number of benzene rings is 3. The number of rotatable bonds is 10. The molecule has 1 N–H and O–H groups in total. The molecule has 0 bridgehead atoms. The first kappa shape index (κ1) is 28.3. The summed E-state index contributed by atoms with van der Waals surface area (Å²) in [6, 6.07) is 23.4. The van der Waals surface area contributed by atoms with Crippen LogP contribution < -0.4 is 9.73 Å². The summed E-state index contributed by atoms with van der Waals surface area (Å²) in [6.07, 6.45) is 1.32. The van der Waals surface area contributed by atoms with Crippen molar-refractivity contribution in [3.05, 3.63) is 107 Å². The highest BCUT2D eigenvalue weighted by molar-refractivity contribution is 7.92. The molecule has 0 atom stereocenters. The van der Waals surface area contributed by atoms with Gasteiger partial charge in [-0.15, -0.1) is 0 Å².